The Morgan fingerprint density at radius 2 is 2.19 bits per heavy atom. The normalized spacial score (nSPS) is 17.7. The van der Waals surface area contributed by atoms with Crippen LogP contribution in [0.15, 0.2) is 28.8 Å². The second-order valence-electron chi connectivity index (χ2n) is 6.08. The fourth-order valence-corrected chi connectivity index (χ4v) is 2.66. The van der Waals surface area contributed by atoms with Gasteiger partial charge in [0.25, 0.3) is 0 Å². The molecule has 5 nitrogen and oxygen atoms in total. The molecule has 1 aromatic carbocycles. The molecule has 0 bridgehead atoms. The van der Waals surface area contributed by atoms with Crippen LogP contribution in [-0.4, -0.2) is 22.7 Å². The van der Waals surface area contributed by atoms with Crippen molar-refractivity contribution in [3.63, 3.8) is 0 Å². The smallest absolute Gasteiger partial charge is 0.226 e. The molecule has 1 aromatic heterocycles. The van der Waals surface area contributed by atoms with Gasteiger partial charge in [0.1, 0.15) is 0 Å². The molecule has 0 saturated heterocycles. The van der Waals surface area contributed by atoms with Crippen LogP contribution in [0.5, 0.6) is 0 Å². The molecular weight excluding hydrogens is 264 g/mol. The van der Waals surface area contributed by atoms with Crippen LogP contribution in [0.25, 0.3) is 0 Å². The third-order valence-corrected chi connectivity index (χ3v) is 3.74. The van der Waals surface area contributed by atoms with Gasteiger partial charge in [-0.15, -0.1) is 0 Å². The predicted molar refractivity (Wildman–Crippen MR) is 83.4 cm³/mol. The van der Waals surface area contributed by atoms with Crippen molar-refractivity contribution < 1.29 is 4.52 Å². The Balaban J connectivity index is 1.79. The number of benzene rings is 1. The molecule has 2 aromatic rings. The highest BCUT2D eigenvalue weighted by Crippen LogP contribution is 2.31. The lowest BCUT2D eigenvalue weighted by Crippen LogP contribution is -2.41. The van der Waals surface area contributed by atoms with Gasteiger partial charge in [-0.05, 0) is 25.0 Å². The van der Waals surface area contributed by atoms with Crippen LogP contribution in [0.4, 0.5) is 11.4 Å². The largest absolute Gasteiger partial charge is 0.381 e. The fraction of sp³-hybridized carbons (Fsp3) is 0.500. The Morgan fingerprint density at radius 3 is 3.00 bits per heavy atom. The Kier molecular flexibility index (Phi) is 3.82. The van der Waals surface area contributed by atoms with Crippen LogP contribution in [0.2, 0.25) is 0 Å². The Morgan fingerprint density at radius 1 is 1.38 bits per heavy atom. The molecule has 1 N–H and O–H groups in total. The zero-order valence-corrected chi connectivity index (χ0v) is 12.8. The first-order valence-corrected chi connectivity index (χ1v) is 7.54. The van der Waals surface area contributed by atoms with Crippen molar-refractivity contribution in [3.05, 3.63) is 36.0 Å². The highest BCUT2D eigenvalue weighted by molar-refractivity contribution is 5.72. The molecule has 0 spiro atoms. The minimum absolute atomic E-state index is 0.395. The molecule has 1 aliphatic rings. The van der Waals surface area contributed by atoms with Crippen molar-refractivity contribution in [1.82, 2.24) is 10.1 Å². The predicted octanol–water partition coefficient (Wildman–Crippen LogP) is 3.09. The quantitative estimate of drug-likeness (QED) is 0.936. The van der Waals surface area contributed by atoms with Gasteiger partial charge in [0, 0.05) is 19.0 Å². The second kappa shape index (κ2) is 5.76. The number of anilines is 2. The number of rotatable bonds is 4. The summed E-state index contributed by atoms with van der Waals surface area (Å²) < 4.78 is 5.34. The summed E-state index contributed by atoms with van der Waals surface area (Å²) in [6.45, 7) is 8.12. The second-order valence-corrected chi connectivity index (χ2v) is 6.08. The van der Waals surface area contributed by atoms with E-state index in [0.717, 1.165) is 24.7 Å². The summed E-state index contributed by atoms with van der Waals surface area (Å²) in [5, 5.41) is 7.58. The summed E-state index contributed by atoms with van der Waals surface area (Å²) in [5.74, 6) is 2.02. The molecule has 0 radical (unpaired) electrons. The van der Waals surface area contributed by atoms with E-state index in [-0.39, 0.29) is 0 Å². The first kappa shape index (κ1) is 13.9. The van der Waals surface area contributed by atoms with Crippen LogP contribution in [0.3, 0.4) is 0 Å². The van der Waals surface area contributed by atoms with Crippen molar-refractivity contribution in [2.45, 2.75) is 39.8 Å². The van der Waals surface area contributed by atoms with E-state index < -0.39 is 0 Å². The third-order valence-electron chi connectivity index (χ3n) is 3.74. The molecule has 0 saturated carbocycles. The van der Waals surface area contributed by atoms with Crippen molar-refractivity contribution in [1.29, 1.82) is 0 Å². The van der Waals surface area contributed by atoms with Gasteiger partial charge in [0.2, 0.25) is 5.89 Å². The molecule has 2 heterocycles. The number of hydrogen-bond donors (Lipinski definition) is 1. The van der Waals surface area contributed by atoms with Crippen molar-refractivity contribution in [2.24, 2.45) is 5.92 Å². The molecule has 5 heteroatoms. The highest BCUT2D eigenvalue weighted by atomic mass is 16.5. The zero-order chi connectivity index (χ0) is 14.8. The maximum absolute atomic E-state index is 5.34. The lowest BCUT2D eigenvalue weighted by Gasteiger charge is -2.36. The first-order chi connectivity index (χ1) is 10.1. The summed E-state index contributed by atoms with van der Waals surface area (Å²) in [6, 6.07) is 8.75. The van der Waals surface area contributed by atoms with Crippen LogP contribution >= 0.6 is 0 Å². The molecular formula is C16H22N4O. The summed E-state index contributed by atoms with van der Waals surface area (Å²) in [6.07, 6.45) is 0.834. The van der Waals surface area contributed by atoms with Crippen LogP contribution < -0.4 is 10.2 Å². The summed E-state index contributed by atoms with van der Waals surface area (Å²) >= 11 is 0. The number of nitrogens with one attached hydrogen (secondary N) is 1. The number of nitrogens with zero attached hydrogens (tertiary/aromatic N) is 3. The zero-order valence-electron chi connectivity index (χ0n) is 12.8. The minimum Gasteiger partial charge on any atom is -0.381 e. The van der Waals surface area contributed by atoms with Crippen molar-refractivity contribution in [2.75, 3.05) is 16.8 Å². The fourth-order valence-electron chi connectivity index (χ4n) is 2.66. The van der Waals surface area contributed by atoms with E-state index >= 15 is 0 Å². The monoisotopic (exact) mass is 286 g/mol. The molecule has 1 unspecified atom stereocenters. The van der Waals surface area contributed by atoms with Crippen LogP contribution in [0.1, 0.15) is 32.5 Å². The summed E-state index contributed by atoms with van der Waals surface area (Å²) in [5.41, 5.74) is 2.37. The summed E-state index contributed by atoms with van der Waals surface area (Å²) in [4.78, 5) is 6.84. The maximum Gasteiger partial charge on any atom is 0.226 e. The third kappa shape index (κ3) is 3.01. The van der Waals surface area contributed by atoms with Gasteiger partial charge in [0.05, 0.1) is 17.9 Å². The lowest BCUT2D eigenvalue weighted by atomic mass is 10.1. The molecule has 0 fully saturated rings. The molecule has 1 aliphatic heterocycles. The van der Waals surface area contributed by atoms with Gasteiger partial charge >= 0.3 is 0 Å². The van der Waals surface area contributed by atoms with Crippen LogP contribution in [-0.2, 0) is 13.0 Å². The van der Waals surface area contributed by atoms with Gasteiger partial charge in [-0.3, -0.25) is 0 Å². The molecule has 1 atom stereocenters. The topological polar surface area (TPSA) is 54.2 Å². The van der Waals surface area contributed by atoms with E-state index in [2.05, 4.69) is 65.4 Å². The number of para-hydroxylation sites is 2. The molecule has 0 aliphatic carbocycles. The van der Waals surface area contributed by atoms with Crippen LogP contribution in [0, 0.1) is 5.92 Å². The van der Waals surface area contributed by atoms with E-state index in [0.29, 0.717) is 18.5 Å². The van der Waals surface area contributed by atoms with Crippen molar-refractivity contribution >= 4 is 11.4 Å². The highest BCUT2D eigenvalue weighted by Gasteiger charge is 2.24. The number of fused-ring (bicyclic) bond motifs is 1. The van der Waals surface area contributed by atoms with Gasteiger partial charge < -0.3 is 14.7 Å². The molecule has 3 rings (SSSR count). The van der Waals surface area contributed by atoms with Gasteiger partial charge in [-0.25, -0.2) is 0 Å². The van der Waals surface area contributed by atoms with E-state index in [4.69, 9.17) is 4.52 Å². The average Bonchev–Trinajstić information content (AvgIpc) is 2.88. The average molecular weight is 286 g/mol. The van der Waals surface area contributed by atoms with Gasteiger partial charge in [-0.2, -0.15) is 4.98 Å². The SMILES string of the molecule is CC(C)Cc1nc(CN2c3ccccc3NCC2C)no1. The van der Waals surface area contributed by atoms with Gasteiger partial charge in [-0.1, -0.05) is 31.1 Å². The maximum atomic E-state index is 5.34. The number of hydrogen-bond acceptors (Lipinski definition) is 5. The minimum atomic E-state index is 0.395. The Hall–Kier alpha value is -2.04. The Bertz CT molecular complexity index is 608. The van der Waals surface area contributed by atoms with E-state index in [1.54, 1.807) is 0 Å². The Labute approximate surface area is 125 Å². The van der Waals surface area contributed by atoms with E-state index in [1.165, 1.54) is 11.4 Å². The molecule has 112 valence electrons. The number of aromatic nitrogens is 2. The first-order valence-electron chi connectivity index (χ1n) is 7.54. The lowest BCUT2D eigenvalue weighted by molar-refractivity contribution is 0.358. The van der Waals surface area contributed by atoms with Gasteiger partial charge in [0.15, 0.2) is 5.82 Å². The molecule has 0 amide bonds. The van der Waals surface area contributed by atoms with E-state index in [1.807, 2.05) is 0 Å². The van der Waals surface area contributed by atoms with Crippen molar-refractivity contribution in [3.8, 4) is 0 Å². The summed E-state index contributed by atoms with van der Waals surface area (Å²) in [7, 11) is 0. The molecule has 21 heavy (non-hydrogen) atoms. The standard InChI is InChI=1S/C16H22N4O/c1-11(2)8-16-18-15(19-21-16)10-20-12(3)9-17-13-6-4-5-7-14(13)20/h4-7,11-12,17H,8-10H2,1-3H3. The van der Waals surface area contributed by atoms with E-state index in [9.17, 15) is 0 Å².